The average molecular weight is 156 g/mol. The summed E-state index contributed by atoms with van der Waals surface area (Å²) in [5.41, 5.74) is 0. The van der Waals surface area contributed by atoms with Crippen molar-refractivity contribution in [2.24, 2.45) is 5.92 Å². The minimum atomic E-state index is -0.357. The van der Waals surface area contributed by atoms with Gasteiger partial charge in [0.1, 0.15) is 6.29 Å². The van der Waals surface area contributed by atoms with Crippen molar-refractivity contribution in [3.63, 3.8) is 0 Å². The number of carbonyl (C=O) groups is 1. The van der Waals surface area contributed by atoms with Crippen molar-refractivity contribution in [1.82, 2.24) is 0 Å². The van der Waals surface area contributed by atoms with Gasteiger partial charge in [-0.15, -0.1) is 0 Å². The third-order valence-corrected chi connectivity index (χ3v) is 2.36. The zero-order chi connectivity index (χ0) is 7.73. The summed E-state index contributed by atoms with van der Waals surface area (Å²) in [4.78, 5) is 10.3. The molecule has 62 valence electrons. The molecule has 0 radical (unpaired) electrons. The molecule has 3 nitrogen and oxygen atoms in total. The molecule has 0 bridgehead atoms. The first-order valence-corrected chi connectivity index (χ1v) is 4.08. The van der Waals surface area contributed by atoms with Crippen LogP contribution in [0.2, 0.25) is 0 Å². The topological polar surface area (TPSA) is 35.5 Å². The van der Waals surface area contributed by atoms with Gasteiger partial charge in [-0.25, -0.2) is 0 Å². The number of hydrogen-bond acceptors (Lipinski definition) is 3. The van der Waals surface area contributed by atoms with Gasteiger partial charge in [-0.3, -0.25) is 0 Å². The monoisotopic (exact) mass is 156 g/mol. The maximum atomic E-state index is 10.3. The average Bonchev–Trinajstić information content (AvgIpc) is 2.01. The van der Waals surface area contributed by atoms with Crippen LogP contribution in [0.4, 0.5) is 0 Å². The summed E-state index contributed by atoms with van der Waals surface area (Å²) in [5.74, 6) is -0.183. The lowest BCUT2D eigenvalue weighted by molar-refractivity contribution is -0.313. The maximum Gasteiger partial charge on any atom is 0.169 e. The van der Waals surface area contributed by atoms with E-state index in [2.05, 4.69) is 0 Å². The van der Waals surface area contributed by atoms with Crippen LogP contribution in [-0.4, -0.2) is 25.3 Å². The largest absolute Gasteiger partial charge is 0.350 e. The van der Waals surface area contributed by atoms with Crippen LogP contribution in [0, 0.1) is 5.92 Å². The van der Waals surface area contributed by atoms with Gasteiger partial charge >= 0.3 is 0 Å². The van der Waals surface area contributed by atoms with E-state index in [1.807, 2.05) is 0 Å². The Balaban J connectivity index is 1.88. The summed E-state index contributed by atoms with van der Waals surface area (Å²) < 4.78 is 10.9. The van der Waals surface area contributed by atoms with Crippen molar-refractivity contribution in [2.75, 3.05) is 13.2 Å². The highest BCUT2D eigenvalue weighted by Crippen LogP contribution is 2.42. The van der Waals surface area contributed by atoms with Crippen molar-refractivity contribution in [3.05, 3.63) is 0 Å². The van der Waals surface area contributed by atoms with E-state index in [0.29, 0.717) is 0 Å². The minimum absolute atomic E-state index is 0.174. The molecule has 1 spiro atoms. The standard InChI is InChI=1S/C8H12O3/c9-6-7-4-8(5-7)10-2-1-3-11-8/h6-7H,1-5H2. The first-order valence-electron chi connectivity index (χ1n) is 4.08. The van der Waals surface area contributed by atoms with Gasteiger partial charge in [-0.1, -0.05) is 0 Å². The predicted octanol–water partition coefficient (Wildman–Crippen LogP) is 0.728. The van der Waals surface area contributed by atoms with Crippen LogP contribution < -0.4 is 0 Å². The van der Waals surface area contributed by atoms with E-state index >= 15 is 0 Å². The predicted molar refractivity (Wildman–Crippen MR) is 38.0 cm³/mol. The summed E-state index contributed by atoms with van der Waals surface area (Å²) in [7, 11) is 0. The smallest absolute Gasteiger partial charge is 0.169 e. The Morgan fingerprint density at radius 2 is 1.91 bits per heavy atom. The normalized spacial score (nSPS) is 29.8. The van der Waals surface area contributed by atoms with E-state index in [0.717, 1.165) is 38.8 Å². The highest BCUT2D eigenvalue weighted by atomic mass is 16.7. The summed E-state index contributed by atoms with van der Waals surface area (Å²) in [5, 5.41) is 0. The van der Waals surface area contributed by atoms with E-state index in [9.17, 15) is 4.79 Å². The molecule has 2 aliphatic rings. The number of aldehydes is 1. The third kappa shape index (κ3) is 1.19. The van der Waals surface area contributed by atoms with Crippen LogP contribution in [0.25, 0.3) is 0 Å². The highest BCUT2D eigenvalue weighted by molar-refractivity contribution is 5.55. The molecule has 1 saturated carbocycles. The fourth-order valence-corrected chi connectivity index (χ4v) is 1.69. The van der Waals surface area contributed by atoms with Crippen molar-refractivity contribution in [3.8, 4) is 0 Å². The minimum Gasteiger partial charge on any atom is -0.350 e. The summed E-state index contributed by atoms with van der Waals surface area (Å²) in [6.45, 7) is 1.57. The van der Waals surface area contributed by atoms with E-state index in [-0.39, 0.29) is 11.7 Å². The first kappa shape index (κ1) is 7.25. The quantitative estimate of drug-likeness (QED) is 0.525. The Labute approximate surface area is 65.7 Å². The Morgan fingerprint density at radius 1 is 1.27 bits per heavy atom. The molecule has 0 amide bonds. The SMILES string of the molecule is O=CC1CC2(C1)OCCCO2. The second-order valence-corrected chi connectivity index (χ2v) is 3.27. The van der Waals surface area contributed by atoms with Crippen molar-refractivity contribution < 1.29 is 14.3 Å². The van der Waals surface area contributed by atoms with Crippen LogP contribution in [-0.2, 0) is 14.3 Å². The Bertz CT molecular complexity index is 153. The molecule has 0 N–H and O–H groups in total. The van der Waals surface area contributed by atoms with Gasteiger partial charge < -0.3 is 14.3 Å². The Kier molecular flexibility index (Phi) is 1.69. The molecule has 1 heterocycles. The second-order valence-electron chi connectivity index (χ2n) is 3.27. The lowest BCUT2D eigenvalue weighted by atomic mass is 9.79. The molecule has 1 aliphatic heterocycles. The van der Waals surface area contributed by atoms with E-state index in [1.54, 1.807) is 0 Å². The number of carbonyl (C=O) groups excluding carboxylic acids is 1. The van der Waals surface area contributed by atoms with Gasteiger partial charge in [-0.2, -0.15) is 0 Å². The van der Waals surface area contributed by atoms with Gasteiger partial charge in [-0.05, 0) is 6.42 Å². The van der Waals surface area contributed by atoms with E-state index in [1.165, 1.54) is 0 Å². The fraction of sp³-hybridized carbons (Fsp3) is 0.875. The van der Waals surface area contributed by atoms with Gasteiger partial charge in [0.25, 0.3) is 0 Å². The third-order valence-electron chi connectivity index (χ3n) is 2.36. The number of rotatable bonds is 1. The molecule has 0 unspecified atom stereocenters. The van der Waals surface area contributed by atoms with E-state index in [4.69, 9.17) is 9.47 Å². The molecule has 1 saturated heterocycles. The lowest BCUT2D eigenvalue weighted by Gasteiger charge is -2.46. The van der Waals surface area contributed by atoms with Crippen LogP contribution in [0.15, 0.2) is 0 Å². The van der Waals surface area contributed by atoms with Crippen molar-refractivity contribution in [1.29, 1.82) is 0 Å². The highest BCUT2D eigenvalue weighted by Gasteiger charge is 2.47. The zero-order valence-corrected chi connectivity index (χ0v) is 6.41. The number of hydrogen-bond donors (Lipinski definition) is 0. The second kappa shape index (κ2) is 2.57. The number of ether oxygens (including phenoxy) is 2. The Morgan fingerprint density at radius 3 is 2.45 bits per heavy atom. The first-order chi connectivity index (χ1) is 5.35. The van der Waals surface area contributed by atoms with Crippen molar-refractivity contribution >= 4 is 6.29 Å². The molecule has 2 fully saturated rings. The summed E-state index contributed by atoms with van der Waals surface area (Å²) >= 11 is 0. The van der Waals surface area contributed by atoms with Crippen LogP contribution in [0.1, 0.15) is 19.3 Å². The summed E-state index contributed by atoms with van der Waals surface area (Å²) in [6, 6.07) is 0. The molecular weight excluding hydrogens is 144 g/mol. The molecule has 2 rings (SSSR count). The molecular formula is C8H12O3. The van der Waals surface area contributed by atoms with E-state index < -0.39 is 0 Å². The van der Waals surface area contributed by atoms with Gasteiger partial charge in [0, 0.05) is 18.8 Å². The van der Waals surface area contributed by atoms with Crippen LogP contribution >= 0.6 is 0 Å². The zero-order valence-electron chi connectivity index (χ0n) is 6.41. The molecule has 11 heavy (non-hydrogen) atoms. The molecule has 0 atom stereocenters. The fourth-order valence-electron chi connectivity index (χ4n) is 1.69. The van der Waals surface area contributed by atoms with Crippen molar-refractivity contribution in [2.45, 2.75) is 25.0 Å². The van der Waals surface area contributed by atoms with Gasteiger partial charge in [0.05, 0.1) is 13.2 Å². The molecule has 0 aromatic heterocycles. The molecule has 3 heteroatoms. The Hall–Kier alpha value is -0.410. The summed E-state index contributed by atoms with van der Waals surface area (Å²) in [6.07, 6.45) is 3.49. The maximum absolute atomic E-state index is 10.3. The van der Waals surface area contributed by atoms with Crippen LogP contribution in [0.3, 0.4) is 0 Å². The van der Waals surface area contributed by atoms with Gasteiger partial charge in [0.2, 0.25) is 0 Å². The van der Waals surface area contributed by atoms with Gasteiger partial charge in [0.15, 0.2) is 5.79 Å². The molecule has 0 aromatic carbocycles. The molecule has 1 aliphatic carbocycles. The molecule has 0 aromatic rings. The van der Waals surface area contributed by atoms with Crippen LogP contribution in [0.5, 0.6) is 0 Å². The lowest BCUT2D eigenvalue weighted by Crippen LogP contribution is -2.51.